The van der Waals surface area contributed by atoms with E-state index < -0.39 is 0 Å². The molecule has 1 aromatic rings. The van der Waals surface area contributed by atoms with Crippen LogP contribution >= 0.6 is 0 Å². The Labute approximate surface area is 159 Å². The molecule has 3 rings (SSSR count). The molecule has 1 saturated carbocycles. The normalized spacial score (nSPS) is 23.0. The predicted molar refractivity (Wildman–Crippen MR) is 109 cm³/mol. The fourth-order valence-corrected chi connectivity index (χ4v) is 5.00. The summed E-state index contributed by atoms with van der Waals surface area (Å²) < 4.78 is 0. The van der Waals surface area contributed by atoms with Crippen molar-refractivity contribution in [3.8, 4) is 0 Å². The van der Waals surface area contributed by atoms with Crippen LogP contribution in [-0.4, -0.2) is 49.4 Å². The maximum absolute atomic E-state index is 13.2. The van der Waals surface area contributed by atoms with E-state index in [1.807, 2.05) is 12.1 Å². The van der Waals surface area contributed by atoms with Crippen LogP contribution in [0.25, 0.3) is 0 Å². The second-order valence-corrected chi connectivity index (χ2v) is 9.90. The minimum atomic E-state index is 0.123. The van der Waals surface area contributed by atoms with Gasteiger partial charge in [0.05, 0.1) is 0 Å². The molecule has 26 heavy (non-hydrogen) atoms. The fraction of sp³-hybridized carbons (Fsp3) is 0.696. The van der Waals surface area contributed by atoms with Crippen LogP contribution in [0, 0.1) is 11.3 Å². The molecular formula is C23H36N2O. The van der Waals surface area contributed by atoms with Crippen molar-refractivity contribution in [1.29, 1.82) is 0 Å². The average Bonchev–Trinajstić information content (AvgIpc) is 2.91. The second kappa shape index (κ2) is 7.34. The van der Waals surface area contributed by atoms with Crippen molar-refractivity contribution in [2.75, 3.05) is 33.7 Å². The highest BCUT2D eigenvalue weighted by molar-refractivity contribution is 5.94. The van der Waals surface area contributed by atoms with E-state index in [1.54, 1.807) is 0 Å². The first kappa shape index (κ1) is 19.4. The summed E-state index contributed by atoms with van der Waals surface area (Å²) in [6.07, 6.45) is 6.59. The standard InChI is InChI=1S/C23H36N2O/c1-22(2,3)19-11-9-18(10-12-19)21(26)25-16-20(15-24(4)5)23(17-25)13-7-6-8-14-23/h9-12,20H,6-8,13-17H2,1-5H3. The summed E-state index contributed by atoms with van der Waals surface area (Å²) in [7, 11) is 4.32. The van der Waals surface area contributed by atoms with Crippen LogP contribution in [0.1, 0.15) is 68.8 Å². The highest BCUT2D eigenvalue weighted by atomic mass is 16.2. The molecule has 2 fully saturated rings. The van der Waals surface area contributed by atoms with Gasteiger partial charge in [0.1, 0.15) is 0 Å². The first-order chi connectivity index (χ1) is 12.2. The Balaban J connectivity index is 1.77. The molecule has 1 aliphatic carbocycles. The summed E-state index contributed by atoms with van der Waals surface area (Å²) in [6.45, 7) is 9.59. The third-order valence-corrected chi connectivity index (χ3v) is 6.53. The number of rotatable bonds is 3. The Morgan fingerprint density at radius 3 is 2.27 bits per heavy atom. The van der Waals surface area contributed by atoms with Gasteiger partial charge in [-0.2, -0.15) is 0 Å². The highest BCUT2D eigenvalue weighted by Gasteiger charge is 2.48. The van der Waals surface area contributed by atoms with Gasteiger partial charge < -0.3 is 9.80 Å². The van der Waals surface area contributed by atoms with Crippen LogP contribution < -0.4 is 0 Å². The van der Waals surface area contributed by atoms with Crippen molar-refractivity contribution in [2.45, 2.75) is 58.3 Å². The summed E-state index contributed by atoms with van der Waals surface area (Å²) >= 11 is 0. The lowest BCUT2D eigenvalue weighted by atomic mass is 9.67. The van der Waals surface area contributed by atoms with Crippen molar-refractivity contribution >= 4 is 5.91 Å². The van der Waals surface area contributed by atoms with Crippen LogP contribution in [0.15, 0.2) is 24.3 Å². The SMILES string of the molecule is CN(C)CC1CN(C(=O)c2ccc(C(C)(C)C)cc2)CC12CCCCC2. The number of benzene rings is 1. The molecule has 1 saturated heterocycles. The minimum absolute atomic E-state index is 0.123. The molecule has 144 valence electrons. The fourth-order valence-electron chi connectivity index (χ4n) is 5.00. The predicted octanol–water partition coefficient (Wildman–Crippen LogP) is 4.57. The van der Waals surface area contributed by atoms with E-state index in [4.69, 9.17) is 0 Å². The molecule has 1 unspecified atom stereocenters. The molecule has 3 heteroatoms. The number of nitrogens with zero attached hydrogens (tertiary/aromatic N) is 2. The molecule has 1 heterocycles. The minimum Gasteiger partial charge on any atom is -0.338 e. The zero-order valence-corrected chi connectivity index (χ0v) is 17.3. The van der Waals surface area contributed by atoms with Crippen molar-refractivity contribution in [3.05, 3.63) is 35.4 Å². The van der Waals surface area contributed by atoms with E-state index in [2.05, 4.69) is 56.8 Å². The van der Waals surface area contributed by atoms with E-state index in [0.717, 1.165) is 25.2 Å². The average molecular weight is 357 g/mol. The van der Waals surface area contributed by atoms with E-state index in [9.17, 15) is 4.79 Å². The van der Waals surface area contributed by atoms with Gasteiger partial charge in [-0.05, 0) is 61.4 Å². The monoisotopic (exact) mass is 356 g/mol. The van der Waals surface area contributed by atoms with Crippen LogP contribution in [0.4, 0.5) is 0 Å². The molecule has 1 amide bonds. The van der Waals surface area contributed by atoms with Gasteiger partial charge in [-0.3, -0.25) is 4.79 Å². The van der Waals surface area contributed by atoms with Gasteiger partial charge in [0.2, 0.25) is 0 Å². The van der Waals surface area contributed by atoms with E-state index in [0.29, 0.717) is 11.3 Å². The summed E-state index contributed by atoms with van der Waals surface area (Å²) in [5, 5.41) is 0. The lowest BCUT2D eigenvalue weighted by Crippen LogP contribution is -2.38. The van der Waals surface area contributed by atoms with E-state index >= 15 is 0 Å². The molecule has 3 nitrogen and oxygen atoms in total. The molecule has 1 spiro atoms. The van der Waals surface area contributed by atoms with Crippen molar-refractivity contribution in [1.82, 2.24) is 9.80 Å². The Morgan fingerprint density at radius 1 is 1.12 bits per heavy atom. The molecular weight excluding hydrogens is 320 g/mol. The summed E-state index contributed by atoms with van der Waals surface area (Å²) in [5.74, 6) is 0.826. The maximum Gasteiger partial charge on any atom is 0.253 e. The van der Waals surface area contributed by atoms with Crippen LogP contribution in [0.3, 0.4) is 0 Å². The highest BCUT2D eigenvalue weighted by Crippen LogP contribution is 2.48. The summed E-state index contributed by atoms with van der Waals surface area (Å²) in [6, 6.07) is 8.29. The topological polar surface area (TPSA) is 23.6 Å². The van der Waals surface area contributed by atoms with Crippen LogP contribution in [0.2, 0.25) is 0 Å². The molecule has 0 aromatic heterocycles. The van der Waals surface area contributed by atoms with Crippen molar-refractivity contribution in [2.24, 2.45) is 11.3 Å². The molecule has 0 bridgehead atoms. The van der Waals surface area contributed by atoms with Gasteiger partial charge in [-0.15, -0.1) is 0 Å². The molecule has 0 N–H and O–H groups in total. The molecule has 1 aliphatic heterocycles. The molecule has 0 radical (unpaired) electrons. The summed E-state index contributed by atoms with van der Waals surface area (Å²) in [4.78, 5) is 17.6. The first-order valence-electron chi connectivity index (χ1n) is 10.3. The Kier molecular flexibility index (Phi) is 5.48. The van der Waals surface area contributed by atoms with Gasteiger partial charge in [-0.1, -0.05) is 52.2 Å². The van der Waals surface area contributed by atoms with Gasteiger partial charge in [0, 0.05) is 25.2 Å². The lowest BCUT2D eigenvalue weighted by molar-refractivity contribution is 0.0755. The Bertz CT molecular complexity index is 621. The molecule has 1 aromatic carbocycles. The largest absolute Gasteiger partial charge is 0.338 e. The molecule has 1 atom stereocenters. The lowest BCUT2D eigenvalue weighted by Gasteiger charge is -2.39. The van der Waals surface area contributed by atoms with Crippen molar-refractivity contribution in [3.63, 3.8) is 0 Å². The van der Waals surface area contributed by atoms with E-state index in [1.165, 1.54) is 37.7 Å². The van der Waals surface area contributed by atoms with Gasteiger partial charge in [-0.25, -0.2) is 0 Å². The van der Waals surface area contributed by atoms with Crippen LogP contribution in [-0.2, 0) is 5.41 Å². The van der Waals surface area contributed by atoms with E-state index in [-0.39, 0.29) is 11.3 Å². The third kappa shape index (κ3) is 3.98. The maximum atomic E-state index is 13.2. The number of carbonyl (C=O) groups is 1. The zero-order chi connectivity index (χ0) is 18.9. The molecule has 2 aliphatic rings. The summed E-state index contributed by atoms with van der Waals surface area (Å²) in [5.41, 5.74) is 2.60. The first-order valence-corrected chi connectivity index (χ1v) is 10.3. The zero-order valence-electron chi connectivity index (χ0n) is 17.3. The quantitative estimate of drug-likeness (QED) is 0.792. The number of hydrogen-bond acceptors (Lipinski definition) is 2. The van der Waals surface area contributed by atoms with Crippen LogP contribution in [0.5, 0.6) is 0 Å². The third-order valence-electron chi connectivity index (χ3n) is 6.53. The van der Waals surface area contributed by atoms with Gasteiger partial charge >= 0.3 is 0 Å². The number of amides is 1. The smallest absolute Gasteiger partial charge is 0.253 e. The van der Waals surface area contributed by atoms with Gasteiger partial charge in [0.25, 0.3) is 5.91 Å². The Morgan fingerprint density at radius 2 is 1.73 bits per heavy atom. The number of hydrogen-bond donors (Lipinski definition) is 0. The van der Waals surface area contributed by atoms with Crippen molar-refractivity contribution < 1.29 is 4.79 Å². The number of likely N-dealkylation sites (tertiary alicyclic amines) is 1. The second-order valence-electron chi connectivity index (χ2n) is 9.90. The number of carbonyl (C=O) groups excluding carboxylic acids is 1. The Hall–Kier alpha value is -1.35. The van der Waals surface area contributed by atoms with Gasteiger partial charge in [0.15, 0.2) is 0 Å².